The molecule has 34 heteroatoms. The molecule has 0 bridgehead atoms. The summed E-state index contributed by atoms with van der Waals surface area (Å²) in [4.78, 5) is 150. The first-order chi connectivity index (χ1) is 46.7. The first-order valence-corrected chi connectivity index (χ1v) is 32.4. The van der Waals surface area contributed by atoms with E-state index in [1.165, 1.54) is 26.0 Å². The summed E-state index contributed by atoms with van der Waals surface area (Å²) >= 11 is 0. The number of rotatable bonds is 35. The van der Waals surface area contributed by atoms with E-state index in [4.69, 9.17) is 42.3 Å². The molecule has 2 fully saturated rings. The molecule has 2 aliphatic heterocycles. The number of nitrogens with two attached hydrogens (primary N) is 4. The van der Waals surface area contributed by atoms with Crippen molar-refractivity contribution in [3.05, 3.63) is 88.5 Å². The normalized spacial score (nSPS) is 15.0. The zero-order valence-corrected chi connectivity index (χ0v) is 56.3. The molecule has 4 atom stereocenters. The number of allylic oxidation sites excluding steroid dienone is 2. The standard InChI is InChI=1S/C64H88N20O14/c1-9-83-48(27-37(5)77-83)59(92)75-62-73-43-29-41(54(66)87)14-15-47(43)81(62)18-11-12-19-82-53-44(74-63(82)76-60(93)49-28-38(6)78-84(49)10-2)30-42(55(67)88)31-50(53)96-21-13-17-79-33-64(34-79)35-80(20-23-97-64)61(94)46(26-36(3)4)72-58(91)45(32-51(65)85)71-57(90)40(8)70-56(89)39(7)69-52(86)16-22-95-24-25-98-68/h11-12,14-15,27-31,36,39-40,45-46H,9-10,13,16-26,32-35,68H2,1-8H3,(H2,65,85)(H2,66,87)(H2,67,88)(H,69,86)(H,70,89)(H,71,90)(H,72,91)(H,73,75,92)(H,74,76,93)/b12-11+/t39-,40-,45-,46-/m0/s1. The van der Waals surface area contributed by atoms with Gasteiger partial charge in [0.15, 0.2) is 0 Å². The fraction of sp³-hybridized carbons (Fsp3) is 0.500. The highest BCUT2D eigenvalue weighted by atomic mass is 16.6. The predicted octanol–water partition coefficient (Wildman–Crippen LogP) is 0.274. The number of amides is 10. The molecule has 2 aromatic carbocycles. The first-order valence-electron chi connectivity index (χ1n) is 32.4. The van der Waals surface area contributed by atoms with Gasteiger partial charge in [-0.2, -0.15) is 10.2 Å². The minimum absolute atomic E-state index is 0.0511. The molecule has 14 N–H and O–H groups in total. The second-order valence-electron chi connectivity index (χ2n) is 24.6. The van der Waals surface area contributed by atoms with E-state index < -0.39 is 95.3 Å². The van der Waals surface area contributed by atoms with Crippen LogP contribution in [0.25, 0.3) is 22.1 Å². The molecule has 2 saturated heterocycles. The zero-order valence-electron chi connectivity index (χ0n) is 56.3. The number of aromatic nitrogens is 8. The molecule has 6 heterocycles. The van der Waals surface area contributed by atoms with E-state index in [9.17, 15) is 47.9 Å². The maximum absolute atomic E-state index is 14.4. The predicted molar refractivity (Wildman–Crippen MR) is 357 cm³/mol. The molecule has 10 amide bonds. The Bertz CT molecular complexity index is 3980. The van der Waals surface area contributed by atoms with E-state index in [1.54, 1.807) is 67.6 Å². The van der Waals surface area contributed by atoms with Gasteiger partial charge in [-0.3, -0.25) is 72.8 Å². The van der Waals surface area contributed by atoms with Crippen molar-refractivity contribution in [3.63, 3.8) is 0 Å². The average Bonchev–Trinajstić information content (AvgIpc) is 1.26. The average molecular weight is 1360 g/mol. The molecule has 8 rings (SSSR count). The summed E-state index contributed by atoms with van der Waals surface area (Å²) in [7, 11) is 0. The quantitative estimate of drug-likeness (QED) is 0.0145. The third-order valence-electron chi connectivity index (χ3n) is 16.3. The maximum atomic E-state index is 14.4. The number of aryl methyl sites for hydroxylation is 4. The smallest absolute Gasteiger partial charge is 0.276 e. The van der Waals surface area contributed by atoms with Crippen LogP contribution in [-0.4, -0.2) is 203 Å². The number of nitrogens with one attached hydrogen (secondary N) is 6. The third-order valence-corrected chi connectivity index (χ3v) is 16.3. The minimum Gasteiger partial charge on any atom is -0.491 e. The first kappa shape index (κ1) is 73.6. The van der Waals surface area contributed by atoms with Crippen molar-refractivity contribution < 1.29 is 67.0 Å². The summed E-state index contributed by atoms with van der Waals surface area (Å²) in [5.74, 6) is -1.09. The van der Waals surface area contributed by atoms with Crippen LogP contribution in [0.3, 0.4) is 0 Å². The fourth-order valence-electron chi connectivity index (χ4n) is 11.6. The maximum Gasteiger partial charge on any atom is 0.276 e. The molecule has 0 saturated carbocycles. The van der Waals surface area contributed by atoms with Crippen molar-refractivity contribution in [2.24, 2.45) is 29.0 Å². The van der Waals surface area contributed by atoms with Gasteiger partial charge in [-0.1, -0.05) is 26.0 Å². The summed E-state index contributed by atoms with van der Waals surface area (Å²) < 4.78 is 24.7. The molecule has 4 aromatic heterocycles. The lowest BCUT2D eigenvalue weighted by Crippen LogP contribution is -2.71. The molecule has 98 heavy (non-hydrogen) atoms. The Kier molecular flexibility index (Phi) is 24.9. The SMILES string of the molecule is CCn1nc(C)cc1C(=O)Nc1nc2cc(C(N)=O)ccc2n1C/C=C/Cn1c(NC(=O)c2cc(C)nn2CC)nc2cc(C(N)=O)cc(OCCCN3CC4(C3)CN(C(=O)[C@H](CC(C)C)NC(=O)[C@H](CC(N)=O)NC(=O)[C@H](C)NC(=O)[C@H](C)NC(=O)CCOCCON)CCO4)c21. The van der Waals surface area contributed by atoms with Crippen molar-refractivity contribution in [2.45, 2.75) is 137 Å². The van der Waals surface area contributed by atoms with E-state index >= 15 is 0 Å². The molecule has 6 aromatic rings. The number of likely N-dealkylation sites (tertiary alicyclic amines) is 1. The van der Waals surface area contributed by atoms with Crippen molar-refractivity contribution in [3.8, 4) is 5.75 Å². The van der Waals surface area contributed by atoms with Gasteiger partial charge in [0.05, 0.1) is 73.9 Å². The number of anilines is 2. The molecule has 34 nitrogen and oxygen atoms in total. The van der Waals surface area contributed by atoms with E-state index in [-0.39, 0.29) is 112 Å². The molecule has 0 radical (unpaired) electrons. The van der Waals surface area contributed by atoms with Crippen LogP contribution in [0.4, 0.5) is 11.9 Å². The number of benzene rings is 2. The molecule has 2 aliphatic rings. The summed E-state index contributed by atoms with van der Waals surface area (Å²) in [6, 6.07) is 6.30. The highest BCUT2D eigenvalue weighted by Crippen LogP contribution is 2.33. The summed E-state index contributed by atoms with van der Waals surface area (Å²) in [6.07, 6.45) is 3.67. The Balaban J connectivity index is 0.928. The van der Waals surface area contributed by atoms with Crippen molar-refractivity contribution >= 4 is 93.0 Å². The number of ether oxygens (including phenoxy) is 3. The molecular formula is C64H88N20O14. The number of nitrogens with zero attached hydrogens (tertiary/aromatic N) is 10. The zero-order chi connectivity index (χ0) is 71.1. The highest BCUT2D eigenvalue weighted by molar-refractivity contribution is 6.05. The number of imidazole rings is 2. The van der Waals surface area contributed by atoms with Gasteiger partial charge in [-0.05, 0) is 103 Å². The van der Waals surface area contributed by atoms with Crippen LogP contribution in [0.1, 0.15) is 120 Å². The van der Waals surface area contributed by atoms with Gasteiger partial charge in [0.2, 0.25) is 59.2 Å². The van der Waals surface area contributed by atoms with Crippen LogP contribution in [0, 0.1) is 19.8 Å². The van der Waals surface area contributed by atoms with E-state index in [1.807, 2.05) is 39.8 Å². The van der Waals surface area contributed by atoms with Crippen LogP contribution in [0.2, 0.25) is 0 Å². The summed E-state index contributed by atoms with van der Waals surface area (Å²) in [5, 5.41) is 24.9. The lowest BCUT2D eigenvalue weighted by atomic mass is 9.91. The van der Waals surface area contributed by atoms with Crippen LogP contribution >= 0.6 is 0 Å². The molecule has 0 aliphatic carbocycles. The number of fused-ring (bicyclic) bond motifs is 2. The third kappa shape index (κ3) is 18.7. The lowest BCUT2D eigenvalue weighted by molar-refractivity contribution is -0.190. The van der Waals surface area contributed by atoms with Crippen LogP contribution in [0.5, 0.6) is 5.75 Å². The van der Waals surface area contributed by atoms with E-state index in [0.29, 0.717) is 78.3 Å². The second-order valence-corrected chi connectivity index (χ2v) is 24.6. The van der Waals surface area contributed by atoms with Crippen molar-refractivity contribution in [1.82, 2.24) is 69.7 Å². The van der Waals surface area contributed by atoms with Crippen LogP contribution in [0.15, 0.2) is 54.6 Å². The lowest BCUT2D eigenvalue weighted by Gasteiger charge is -2.54. The minimum atomic E-state index is -1.51. The Morgan fingerprint density at radius 1 is 0.673 bits per heavy atom. The Hall–Kier alpha value is -10.2. The van der Waals surface area contributed by atoms with Gasteiger partial charge in [0.1, 0.15) is 52.4 Å². The van der Waals surface area contributed by atoms with Gasteiger partial charge >= 0.3 is 0 Å². The Labute approximate surface area is 564 Å². The summed E-state index contributed by atoms with van der Waals surface area (Å²) in [6.45, 7) is 17.5. The van der Waals surface area contributed by atoms with Gasteiger partial charge < -0.3 is 71.6 Å². The van der Waals surface area contributed by atoms with E-state index in [0.717, 1.165) is 0 Å². The molecule has 528 valence electrons. The Morgan fingerprint density at radius 2 is 1.27 bits per heavy atom. The molecule has 1 spiro atoms. The van der Waals surface area contributed by atoms with Crippen LogP contribution < -0.4 is 59.7 Å². The molecular weight excluding hydrogens is 1270 g/mol. The largest absolute Gasteiger partial charge is 0.491 e. The number of carbonyl (C=O) groups is 10. The molecule has 0 unspecified atom stereocenters. The van der Waals surface area contributed by atoms with Gasteiger partial charge in [-0.15, -0.1) is 0 Å². The van der Waals surface area contributed by atoms with E-state index in [2.05, 4.69) is 56.8 Å². The number of hydrogen-bond donors (Lipinski definition) is 10. The fourth-order valence-corrected chi connectivity index (χ4v) is 11.6. The topological polar surface area (TPSA) is 462 Å². The van der Waals surface area contributed by atoms with Crippen molar-refractivity contribution in [2.75, 3.05) is 76.4 Å². The number of carbonyl (C=O) groups excluding carboxylic acids is 10. The van der Waals surface area contributed by atoms with Gasteiger partial charge in [0.25, 0.3) is 11.8 Å². The van der Waals surface area contributed by atoms with Crippen LogP contribution in [-0.2, 0) is 69.3 Å². The van der Waals surface area contributed by atoms with Crippen molar-refractivity contribution in [1.29, 1.82) is 0 Å². The van der Waals surface area contributed by atoms with Gasteiger partial charge in [-0.25, -0.2) is 15.9 Å². The van der Waals surface area contributed by atoms with Gasteiger partial charge in [0, 0.05) is 69.9 Å². The number of hydrogen-bond acceptors (Lipinski definition) is 20. The monoisotopic (exact) mass is 1360 g/mol. The second kappa shape index (κ2) is 33.2. The Morgan fingerprint density at radius 3 is 1.88 bits per heavy atom. The summed E-state index contributed by atoms with van der Waals surface area (Å²) in [5.41, 5.74) is 20.3. The number of morpholine rings is 1. The highest BCUT2D eigenvalue weighted by Gasteiger charge is 2.48. The number of primary amides is 3.